The number of likely N-dealkylation sites (tertiary alicyclic amines) is 1. The standard InChI is InChI=1S/C31H31NO6/c1-36-16-15-32-29(34)27-26-22-11-5-7-13-24(22)31(28(27)30(32)35,25-14-8-6-12-23(25)26)19-37-17-20(33)18-38-21-9-3-2-4-10-21/h2-14,20,26-28,33H,15-19H2,1H3. The largest absolute Gasteiger partial charge is 0.491 e. The Balaban J connectivity index is 1.34. The second kappa shape index (κ2) is 9.98. The van der Waals surface area contributed by atoms with Gasteiger partial charge in [-0.25, -0.2) is 0 Å². The van der Waals surface area contributed by atoms with Crippen molar-refractivity contribution in [2.24, 2.45) is 11.8 Å². The molecule has 3 aromatic carbocycles. The lowest BCUT2D eigenvalue weighted by atomic mass is 9.47. The normalized spacial score (nSPS) is 25.6. The van der Waals surface area contributed by atoms with Crippen LogP contribution in [0.2, 0.25) is 0 Å². The Morgan fingerprint density at radius 1 is 0.868 bits per heavy atom. The number of aliphatic hydroxyl groups excluding tert-OH is 1. The molecule has 1 fully saturated rings. The minimum absolute atomic E-state index is 0.0370. The minimum Gasteiger partial charge on any atom is -0.491 e. The number of hydrogen-bond acceptors (Lipinski definition) is 6. The molecule has 0 spiro atoms. The van der Waals surface area contributed by atoms with Crippen LogP contribution in [0.4, 0.5) is 0 Å². The summed E-state index contributed by atoms with van der Waals surface area (Å²) in [5, 5.41) is 10.6. The summed E-state index contributed by atoms with van der Waals surface area (Å²) in [5.74, 6) is -0.927. The molecular formula is C31H31NO6. The lowest BCUT2D eigenvalue weighted by Gasteiger charge is -2.54. The van der Waals surface area contributed by atoms with Gasteiger partial charge in [-0.1, -0.05) is 66.7 Å². The first-order chi connectivity index (χ1) is 18.6. The topological polar surface area (TPSA) is 85.3 Å². The maximum absolute atomic E-state index is 14.0. The molecule has 4 aliphatic rings. The molecule has 7 rings (SSSR count). The van der Waals surface area contributed by atoms with Gasteiger partial charge in [0, 0.05) is 13.0 Å². The quantitative estimate of drug-likeness (QED) is 0.420. The molecule has 0 saturated carbocycles. The molecule has 1 saturated heterocycles. The van der Waals surface area contributed by atoms with Crippen molar-refractivity contribution in [1.29, 1.82) is 0 Å². The molecule has 1 heterocycles. The van der Waals surface area contributed by atoms with Gasteiger partial charge in [-0.05, 0) is 34.4 Å². The fourth-order valence-corrected chi connectivity index (χ4v) is 6.75. The predicted octanol–water partition coefficient (Wildman–Crippen LogP) is 3.14. The molecule has 3 unspecified atom stereocenters. The number of carbonyl (C=O) groups excluding carboxylic acids is 2. The third kappa shape index (κ3) is 3.76. The number of ether oxygens (including phenoxy) is 3. The maximum Gasteiger partial charge on any atom is 0.234 e. The molecule has 7 nitrogen and oxygen atoms in total. The summed E-state index contributed by atoms with van der Waals surface area (Å²) in [6, 6.07) is 25.5. The van der Waals surface area contributed by atoms with E-state index in [4.69, 9.17) is 14.2 Å². The van der Waals surface area contributed by atoms with E-state index in [1.165, 1.54) is 4.90 Å². The van der Waals surface area contributed by atoms with Crippen LogP contribution in [0.5, 0.6) is 5.75 Å². The first kappa shape index (κ1) is 24.8. The molecule has 3 aliphatic carbocycles. The smallest absolute Gasteiger partial charge is 0.234 e. The van der Waals surface area contributed by atoms with E-state index in [1.807, 2.05) is 54.6 Å². The van der Waals surface area contributed by atoms with Crippen LogP contribution in [0.25, 0.3) is 0 Å². The van der Waals surface area contributed by atoms with Crippen molar-refractivity contribution >= 4 is 11.8 Å². The van der Waals surface area contributed by atoms with Crippen LogP contribution in [0.3, 0.4) is 0 Å². The molecule has 7 heteroatoms. The van der Waals surface area contributed by atoms with Gasteiger partial charge >= 0.3 is 0 Å². The minimum atomic E-state index is -0.855. The Kier molecular flexibility index (Phi) is 6.51. The second-order valence-corrected chi connectivity index (χ2v) is 10.2. The van der Waals surface area contributed by atoms with E-state index in [0.29, 0.717) is 12.4 Å². The molecule has 3 aromatic rings. The van der Waals surface area contributed by atoms with Gasteiger partial charge in [0.1, 0.15) is 18.5 Å². The fourth-order valence-electron chi connectivity index (χ4n) is 6.75. The van der Waals surface area contributed by atoms with Crippen LogP contribution in [0.1, 0.15) is 28.2 Å². The molecule has 2 amide bonds. The zero-order chi connectivity index (χ0) is 26.3. The molecule has 0 aromatic heterocycles. The maximum atomic E-state index is 14.0. The van der Waals surface area contributed by atoms with E-state index in [9.17, 15) is 14.7 Å². The first-order valence-corrected chi connectivity index (χ1v) is 13.0. The lowest BCUT2D eigenvalue weighted by Crippen LogP contribution is -2.56. The molecule has 196 valence electrons. The number of hydrogen-bond donors (Lipinski definition) is 1. The SMILES string of the molecule is COCCN1C(=O)C2C3c4ccccc4C(COCC(O)COc4ccccc4)(c4ccccc43)C2C1=O. The first-order valence-electron chi connectivity index (χ1n) is 13.0. The van der Waals surface area contributed by atoms with E-state index in [1.54, 1.807) is 7.11 Å². The van der Waals surface area contributed by atoms with Gasteiger partial charge in [-0.2, -0.15) is 0 Å². The Labute approximate surface area is 221 Å². The third-order valence-electron chi connectivity index (χ3n) is 8.23. The summed E-state index contributed by atoms with van der Waals surface area (Å²) in [4.78, 5) is 29.1. The number of carbonyl (C=O) groups is 2. The summed E-state index contributed by atoms with van der Waals surface area (Å²) in [6.45, 7) is 0.801. The van der Waals surface area contributed by atoms with Crippen molar-refractivity contribution < 1.29 is 28.9 Å². The Morgan fingerprint density at radius 2 is 1.50 bits per heavy atom. The van der Waals surface area contributed by atoms with E-state index in [-0.39, 0.29) is 44.1 Å². The molecule has 1 N–H and O–H groups in total. The summed E-state index contributed by atoms with van der Waals surface area (Å²) in [6.07, 6.45) is -0.855. The number of imide groups is 1. The van der Waals surface area contributed by atoms with Gasteiger partial charge in [0.15, 0.2) is 0 Å². The Bertz CT molecular complexity index is 1290. The Hall–Kier alpha value is -3.52. The van der Waals surface area contributed by atoms with Crippen molar-refractivity contribution in [1.82, 2.24) is 4.90 Å². The molecule has 0 radical (unpaired) electrons. The highest BCUT2D eigenvalue weighted by Gasteiger charge is 2.68. The fraction of sp³-hybridized carbons (Fsp3) is 0.355. The number of methoxy groups -OCH3 is 1. The zero-order valence-corrected chi connectivity index (χ0v) is 21.3. The highest BCUT2D eigenvalue weighted by molar-refractivity contribution is 6.08. The third-order valence-corrected chi connectivity index (χ3v) is 8.23. The van der Waals surface area contributed by atoms with Gasteiger partial charge in [-0.3, -0.25) is 14.5 Å². The van der Waals surface area contributed by atoms with Crippen LogP contribution >= 0.6 is 0 Å². The molecule has 3 atom stereocenters. The number of nitrogens with zero attached hydrogens (tertiary/aromatic N) is 1. The average Bonchev–Trinajstić information content (AvgIpc) is 3.21. The van der Waals surface area contributed by atoms with E-state index < -0.39 is 23.4 Å². The number of aliphatic hydroxyl groups is 1. The lowest BCUT2D eigenvalue weighted by molar-refractivity contribution is -0.141. The van der Waals surface area contributed by atoms with Crippen LogP contribution in [-0.2, 0) is 24.5 Å². The molecule has 2 bridgehead atoms. The highest BCUT2D eigenvalue weighted by atomic mass is 16.5. The van der Waals surface area contributed by atoms with Gasteiger partial charge in [-0.15, -0.1) is 0 Å². The van der Waals surface area contributed by atoms with Crippen molar-refractivity contribution in [3.05, 3.63) is 101 Å². The van der Waals surface area contributed by atoms with Crippen molar-refractivity contribution in [3.63, 3.8) is 0 Å². The van der Waals surface area contributed by atoms with E-state index in [0.717, 1.165) is 22.3 Å². The van der Waals surface area contributed by atoms with Crippen LogP contribution in [0, 0.1) is 11.8 Å². The predicted molar refractivity (Wildman–Crippen MR) is 140 cm³/mol. The van der Waals surface area contributed by atoms with Crippen LogP contribution < -0.4 is 4.74 Å². The number of rotatable bonds is 10. The highest BCUT2D eigenvalue weighted by Crippen LogP contribution is 2.64. The summed E-state index contributed by atoms with van der Waals surface area (Å²) < 4.78 is 17.1. The van der Waals surface area contributed by atoms with Crippen molar-refractivity contribution in [3.8, 4) is 5.75 Å². The molecule has 1 aliphatic heterocycles. The van der Waals surface area contributed by atoms with E-state index >= 15 is 0 Å². The number of benzene rings is 3. The molecule has 38 heavy (non-hydrogen) atoms. The summed E-state index contributed by atoms with van der Waals surface area (Å²) >= 11 is 0. The van der Waals surface area contributed by atoms with Gasteiger partial charge in [0.2, 0.25) is 11.8 Å². The average molecular weight is 514 g/mol. The van der Waals surface area contributed by atoms with Crippen LogP contribution in [0.15, 0.2) is 78.9 Å². The van der Waals surface area contributed by atoms with Crippen molar-refractivity contribution in [2.45, 2.75) is 17.4 Å². The van der Waals surface area contributed by atoms with Gasteiger partial charge < -0.3 is 19.3 Å². The van der Waals surface area contributed by atoms with Gasteiger partial charge in [0.05, 0.1) is 43.6 Å². The van der Waals surface area contributed by atoms with Gasteiger partial charge in [0.25, 0.3) is 0 Å². The number of amides is 2. The van der Waals surface area contributed by atoms with E-state index in [2.05, 4.69) is 24.3 Å². The monoisotopic (exact) mass is 513 g/mol. The van der Waals surface area contributed by atoms with Crippen molar-refractivity contribution in [2.75, 3.05) is 40.1 Å². The molecular weight excluding hydrogens is 482 g/mol. The second-order valence-electron chi connectivity index (χ2n) is 10.2. The Morgan fingerprint density at radius 3 is 2.16 bits per heavy atom. The van der Waals surface area contributed by atoms with Crippen LogP contribution in [-0.4, -0.2) is 68.0 Å². The summed E-state index contributed by atoms with van der Waals surface area (Å²) in [5.41, 5.74) is 3.34. The number of para-hydroxylation sites is 1. The summed E-state index contributed by atoms with van der Waals surface area (Å²) in [7, 11) is 1.57. The zero-order valence-electron chi connectivity index (χ0n) is 21.3.